The van der Waals surface area contributed by atoms with Crippen LogP contribution in [0.3, 0.4) is 0 Å². The summed E-state index contributed by atoms with van der Waals surface area (Å²) in [6.45, 7) is 0. The van der Waals surface area contributed by atoms with Gasteiger partial charge in [-0.2, -0.15) is 5.26 Å². The van der Waals surface area contributed by atoms with Crippen molar-refractivity contribution in [1.29, 1.82) is 5.26 Å². The van der Waals surface area contributed by atoms with Crippen LogP contribution in [0.4, 0.5) is 5.69 Å². The minimum absolute atomic E-state index is 1.08. The Kier molecular flexibility index (Phi) is 3.11. The van der Waals surface area contributed by atoms with E-state index in [1.54, 1.807) is 0 Å². The average molecular weight is 222 g/mol. The molecule has 0 aromatic heterocycles. The van der Waals surface area contributed by atoms with Crippen LogP contribution in [-0.4, -0.2) is 14.1 Å². The summed E-state index contributed by atoms with van der Waals surface area (Å²) in [5.41, 5.74) is 2.27. The molecule has 0 aliphatic rings. The summed E-state index contributed by atoms with van der Waals surface area (Å²) in [4.78, 5) is 2.10. The average Bonchev–Trinajstić information content (AvgIpc) is 2.35. The first kappa shape index (κ1) is 11.2. The second-order valence-corrected chi connectivity index (χ2v) is 4.08. The molecule has 0 unspecified atom stereocenters. The van der Waals surface area contributed by atoms with Crippen LogP contribution in [0.5, 0.6) is 0 Å². The molecule has 0 saturated heterocycles. The highest BCUT2D eigenvalue weighted by molar-refractivity contribution is 5.99. The first-order valence-electron chi connectivity index (χ1n) is 5.49. The zero-order chi connectivity index (χ0) is 12.3. The Balaban J connectivity index is 2.71. The Morgan fingerprint density at radius 1 is 1.06 bits per heavy atom. The van der Waals surface area contributed by atoms with E-state index in [0.29, 0.717) is 0 Å². The van der Waals surface area contributed by atoms with E-state index < -0.39 is 0 Å². The Morgan fingerprint density at radius 2 is 1.76 bits per heavy atom. The van der Waals surface area contributed by atoms with E-state index in [9.17, 15) is 0 Å². The van der Waals surface area contributed by atoms with Crippen LogP contribution in [-0.2, 0) is 0 Å². The molecule has 2 aromatic carbocycles. The molecule has 0 atom stereocenters. The number of benzene rings is 2. The van der Waals surface area contributed by atoms with E-state index in [2.05, 4.69) is 23.1 Å². The number of hydrogen-bond acceptors (Lipinski definition) is 2. The van der Waals surface area contributed by atoms with E-state index in [1.165, 1.54) is 22.5 Å². The van der Waals surface area contributed by atoms with Crippen molar-refractivity contribution in [3.8, 4) is 6.07 Å². The lowest BCUT2D eigenvalue weighted by Gasteiger charge is -2.16. The van der Waals surface area contributed by atoms with Gasteiger partial charge in [0, 0.05) is 31.2 Å². The fourth-order valence-electron chi connectivity index (χ4n) is 1.97. The maximum absolute atomic E-state index is 8.60. The number of nitrogens with zero attached hydrogens (tertiary/aromatic N) is 2. The quantitative estimate of drug-likeness (QED) is 0.728. The lowest BCUT2D eigenvalue weighted by molar-refractivity contribution is 1.14. The maximum atomic E-state index is 8.60. The van der Waals surface area contributed by atoms with E-state index in [0.717, 1.165) is 5.56 Å². The lowest BCUT2D eigenvalue weighted by Crippen LogP contribution is -2.09. The van der Waals surface area contributed by atoms with Crippen molar-refractivity contribution in [3.05, 3.63) is 48.0 Å². The fraction of sp³-hybridized carbons (Fsp3) is 0.133. The molecule has 0 fully saturated rings. The molecule has 0 N–H and O–H groups in total. The van der Waals surface area contributed by atoms with Gasteiger partial charge in [-0.05, 0) is 23.1 Å². The zero-order valence-electron chi connectivity index (χ0n) is 10.0. The number of allylic oxidation sites excluding steroid dienone is 1. The predicted octanol–water partition coefficient (Wildman–Crippen LogP) is 3.44. The molecule has 0 aliphatic heterocycles. The van der Waals surface area contributed by atoms with Gasteiger partial charge in [0.25, 0.3) is 0 Å². The molecule has 84 valence electrons. The van der Waals surface area contributed by atoms with Crippen molar-refractivity contribution in [2.24, 2.45) is 0 Å². The molecule has 0 saturated carbocycles. The monoisotopic (exact) mass is 222 g/mol. The highest BCUT2D eigenvalue weighted by Crippen LogP contribution is 2.28. The van der Waals surface area contributed by atoms with Gasteiger partial charge in [-0.15, -0.1) is 0 Å². The summed E-state index contributed by atoms with van der Waals surface area (Å²) in [7, 11) is 4.07. The predicted molar refractivity (Wildman–Crippen MR) is 72.9 cm³/mol. The second kappa shape index (κ2) is 4.71. The molecule has 0 heterocycles. The molecule has 0 amide bonds. The molecule has 0 aliphatic carbocycles. The molecule has 2 rings (SSSR count). The fourth-order valence-corrected chi connectivity index (χ4v) is 1.97. The van der Waals surface area contributed by atoms with Crippen LogP contribution in [0, 0.1) is 11.3 Å². The third kappa shape index (κ3) is 2.14. The van der Waals surface area contributed by atoms with Gasteiger partial charge in [0.2, 0.25) is 0 Å². The van der Waals surface area contributed by atoms with Crippen molar-refractivity contribution in [1.82, 2.24) is 0 Å². The van der Waals surface area contributed by atoms with E-state index in [1.807, 2.05) is 44.4 Å². The summed E-state index contributed by atoms with van der Waals surface area (Å²) in [5, 5.41) is 11.0. The molecule has 2 nitrogen and oxygen atoms in total. The Morgan fingerprint density at radius 3 is 2.41 bits per heavy atom. The summed E-state index contributed by atoms with van der Waals surface area (Å²) in [6, 6.07) is 14.4. The molecule has 0 spiro atoms. The van der Waals surface area contributed by atoms with Gasteiger partial charge in [-0.3, -0.25) is 0 Å². The smallest absolute Gasteiger partial charge is 0.0912 e. The van der Waals surface area contributed by atoms with Crippen LogP contribution in [0.2, 0.25) is 0 Å². The minimum Gasteiger partial charge on any atom is -0.377 e. The number of rotatable bonds is 2. The molecule has 2 aromatic rings. The van der Waals surface area contributed by atoms with E-state index in [-0.39, 0.29) is 0 Å². The van der Waals surface area contributed by atoms with Gasteiger partial charge in [0.05, 0.1) is 6.07 Å². The SMILES string of the molecule is CN(C)c1ccc(/C=C/C#N)c2ccccc12. The zero-order valence-corrected chi connectivity index (χ0v) is 10.0. The van der Waals surface area contributed by atoms with Gasteiger partial charge in [0.15, 0.2) is 0 Å². The van der Waals surface area contributed by atoms with E-state index >= 15 is 0 Å². The maximum Gasteiger partial charge on any atom is 0.0912 e. The van der Waals surface area contributed by atoms with Crippen molar-refractivity contribution in [2.75, 3.05) is 19.0 Å². The third-order valence-electron chi connectivity index (χ3n) is 2.75. The largest absolute Gasteiger partial charge is 0.377 e. The van der Waals surface area contributed by atoms with Crippen molar-refractivity contribution in [2.45, 2.75) is 0 Å². The van der Waals surface area contributed by atoms with Gasteiger partial charge in [-0.25, -0.2) is 0 Å². The first-order chi connectivity index (χ1) is 8.24. The van der Waals surface area contributed by atoms with Gasteiger partial charge in [0.1, 0.15) is 0 Å². The summed E-state index contributed by atoms with van der Waals surface area (Å²) >= 11 is 0. The summed E-state index contributed by atoms with van der Waals surface area (Å²) in [5.74, 6) is 0. The van der Waals surface area contributed by atoms with Crippen LogP contribution < -0.4 is 4.90 Å². The topological polar surface area (TPSA) is 27.0 Å². The van der Waals surface area contributed by atoms with Crippen LogP contribution >= 0.6 is 0 Å². The van der Waals surface area contributed by atoms with Crippen LogP contribution in [0.15, 0.2) is 42.5 Å². The van der Waals surface area contributed by atoms with Gasteiger partial charge >= 0.3 is 0 Å². The Bertz CT molecular complexity index is 604. The number of anilines is 1. The van der Waals surface area contributed by atoms with Crippen molar-refractivity contribution >= 4 is 22.5 Å². The van der Waals surface area contributed by atoms with Crippen LogP contribution in [0.1, 0.15) is 5.56 Å². The Hall–Kier alpha value is -2.27. The number of fused-ring (bicyclic) bond motifs is 1. The summed E-state index contributed by atoms with van der Waals surface area (Å²) in [6.07, 6.45) is 3.36. The standard InChI is InChI=1S/C15H14N2/c1-17(2)15-10-9-12(6-5-11-16)13-7-3-4-8-14(13)15/h3-10H,1-2H3/b6-5+. The Labute approximate surface area is 101 Å². The highest BCUT2D eigenvalue weighted by atomic mass is 15.1. The summed E-state index contributed by atoms with van der Waals surface area (Å²) < 4.78 is 0. The molecular formula is C15H14N2. The second-order valence-electron chi connectivity index (χ2n) is 4.08. The molecule has 0 bridgehead atoms. The van der Waals surface area contributed by atoms with Crippen LogP contribution in [0.25, 0.3) is 16.8 Å². The van der Waals surface area contributed by atoms with Gasteiger partial charge in [-0.1, -0.05) is 30.3 Å². The van der Waals surface area contributed by atoms with Gasteiger partial charge < -0.3 is 4.90 Å². The first-order valence-corrected chi connectivity index (χ1v) is 5.49. The highest BCUT2D eigenvalue weighted by Gasteiger charge is 2.04. The lowest BCUT2D eigenvalue weighted by atomic mass is 10.0. The molecule has 0 radical (unpaired) electrons. The van der Waals surface area contributed by atoms with Crippen molar-refractivity contribution < 1.29 is 0 Å². The molecule has 17 heavy (non-hydrogen) atoms. The number of nitriles is 1. The minimum atomic E-state index is 1.08. The van der Waals surface area contributed by atoms with Crippen molar-refractivity contribution in [3.63, 3.8) is 0 Å². The third-order valence-corrected chi connectivity index (χ3v) is 2.75. The number of hydrogen-bond donors (Lipinski definition) is 0. The molecular weight excluding hydrogens is 208 g/mol. The van der Waals surface area contributed by atoms with E-state index in [4.69, 9.17) is 5.26 Å². The molecule has 2 heteroatoms. The normalized spacial score (nSPS) is 10.6.